The lowest BCUT2D eigenvalue weighted by Gasteiger charge is -2.47. The average molecular weight is 693 g/mol. The van der Waals surface area contributed by atoms with Crippen LogP contribution in [-0.4, -0.2) is 82.9 Å². The Kier molecular flexibility index (Phi) is 10.8. The summed E-state index contributed by atoms with van der Waals surface area (Å²) in [6, 6.07) is 16.4. The highest BCUT2D eigenvalue weighted by Crippen LogP contribution is 2.41. The van der Waals surface area contributed by atoms with E-state index in [1.165, 1.54) is 0 Å². The van der Waals surface area contributed by atoms with Crippen molar-refractivity contribution in [2.24, 2.45) is 0 Å². The van der Waals surface area contributed by atoms with Crippen LogP contribution in [0.5, 0.6) is 0 Å². The zero-order chi connectivity index (χ0) is 33.8. The fraction of sp³-hybridized carbons (Fsp3) is 0.387. The first-order chi connectivity index (χ1) is 21.6. The van der Waals surface area contributed by atoms with Crippen molar-refractivity contribution in [1.82, 2.24) is 10.2 Å². The number of alkyl carbamates (subject to hydrolysis) is 1. The molecule has 46 heavy (non-hydrogen) atoms. The maximum Gasteiger partial charge on any atom is 0.408 e. The Bertz CT molecular complexity index is 1600. The van der Waals surface area contributed by atoms with Crippen LogP contribution in [-0.2, 0) is 43.2 Å². The molecule has 2 amide bonds. The van der Waals surface area contributed by atoms with Gasteiger partial charge in [-0.2, -0.15) is 0 Å². The van der Waals surface area contributed by atoms with Crippen LogP contribution in [0.15, 0.2) is 71.9 Å². The number of nitrogens with zero attached hydrogens (tertiary/aromatic N) is 1. The number of sulfone groups is 1. The number of amides is 2. The van der Waals surface area contributed by atoms with E-state index in [0.29, 0.717) is 22.9 Å². The van der Waals surface area contributed by atoms with E-state index in [0.717, 1.165) is 11.8 Å². The van der Waals surface area contributed by atoms with Crippen molar-refractivity contribution in [2.75, 3.05) is 18.1 Å². The molecule has 0 saturated carbocycles. The van der Waals surface area contributed by atoms with Gasteiger partial charge < -0.3 is 19.5 Å². The van der Waals surface area contributed by atoms with Gasteiger partial charge in [-0.1, -0.05) is 72.4 Å². The van der Waals surface area contributed by atoms with Gasteiger partial charge in [-0.05, 0) is 31.9 Å². The van der Waals surface area contributed by atoms with Gasteiger partial charge >= 0.3 is 18.0 Å². The minimum absolute atomic E-state index is 0.117. The summed E-state index contributed by atoms with van der Waals surface area (Å²) in [7, 11) is -4.00. The first kappa shape index (κ1) is 35.0. The third-order valence-electron chi connectivity index (χ3n) is 6.74. The molecule has 2 aromatic carbocycles. The van der Waals surface area contributed by atoms with Crippen LogP contribution in [0.2, 0.25) is 0 Å². The maximum atomic E-state index is 13.7. The molecule has 246 valence electrons. The highest BCUT2D eigenvalue weighted by Gasteiger charge is 2.59. The first-order valence-electron chi connectivity index (χ1n) is 14.1. The molecule has 3 atom stereocenters. The third-order valence-corrected chi connectivity index (χ3v) is 10.2. The molecule has 0 bridgehead atoms. The maximum absolute atomic E-state index is 13.7. The second-order valence-electron chi connectivity index (χ2n) is 11.5. The smallest absolute Gasteiger partial charge is 0.408 e. The Hall–Kier alpha value is -3.88. The number of rotatable bonds is 10. The molecule has 1 fully saturated rings. The van der Waals surface area contributed by atoms with Gasteiger partial charge in [0.15, 0.2) is 21.3 Å². The summed E-state index contributed by atoms with van der Waals surface area (Å²) in [5.74, 6) is -3.48. The number of nitrogens with one attached hydrogen (secondary N) is 1. The molecule has 12 nitrogen and oxygen atoms in total. The highest BCUT2D eigenvalue weighted by molar-refractivity contribution is 8.14. The number of esters is 2. The molecular weight excluding hydrogens is 660 g/mol. The van der Waals surface area contributed by atoms with Crippen molar-refractivity contribution in [3.05, 3.63) is 83.1 Å². The van der Waals surface area contributed by atoms with Crippen LogP contribution in [0.25, 0.3) is 0 Å². The van der Waals surface area contributed by atoms with Gasteiger partial charge in [-0.15, -0.1) is 11.6 Å². The Balaban J connectivity index is 1.62. The zero-order valence-electron chi connectivity index (χ0n) is 25.4. The molecule has 4 rings (SSSR count). The van der Waals surface area contributed by atoms with Gasteiger partial charge in [0.25, 0.3) is 0 Å². The summed E-state index contributed by atoms with van der Waals surface area (Å²) < 4.78 is 41.9. The summed E-state index contributed by atoms with van der Waals surface area (Å²) in [5.41, 5.74) is -0.0170. The number of alkyl halides is 1. The van der Waals surface area contributed by atoms with Gasteiger partial charge in [0.05, 0.1) is 5.75 Å². The third kappa shape index (κ3) is 8.28. The van der Waals surface area contributed by atoms with Gasteiger partial charge in [0, 0.05) is 18.2 Å². The molecule has 0 radical (unpaired) electrons. The number of halogens is 1. The largest absolute Gasteiger partial charge is 0.461 e. The number of fused-ring (bicyclic) bond motifs is 1. The second kappa shape index (κ2) is 14.3. The molecule has 2 heterocycles. The van der Waals surface area contributed by atoms with E-state index in [9.17, 15) is 32.4 Å². The summed E-state index contributed by atoms with van der Waals surface area (Å²) in [4.78, 5) is 65.1. The van der Waals surface area contributed by atoms with Gasteiger partial charge in [-0.25, -0.2) is 18.0 Å². The molecule has 2 aliphatic rings. The molecule has 0 spiro atoms. The van der Waals surface area contributed by atoms with E-state index in [2.05, 4.69) is 5.32 Å². The van der Waals surface area contributed by atoms with E-state index in [1.807, 2.05) is 12.1 Å². The predicted molar refractivity (Wildman–Crippen MR) is 169 cm³/mol. The van der Waals surface area contributed by atoms with Gasteiger partial charge in [-0.3, -0.25) is 19.3 Å². The number of benzene rings is 2. The van der Waals surface area contributed by atoms with Crippen molar-refractivity contribution in [3.63, 3.8) is 0 Å². The SMILES string of the molecule is CC(=O)OCC1=C(C(=O)SC[C@H](NC(=O)OC(C)(C)C)C(=O)OC(c2ccccc2)c2ccccc2)N2C(=O)[C@H](Cl)[C@H]2S(=O)(=O)C1. The summed E-state index contributed by atoms with van der Waals surface area (Å²) in [6.07, 6.45) is -1.81. The molecular formula is C31H33ClN2O10S2. The minimum Gasteiger partial charge on any atom is -0.461 e. The van der Waals surface area contributed by atoms with Crippen molar-refractivity contribution in [2.45, 2.75) is 56.2 Å². The first-order valence-corrected chi connectivity index (χ1v) is 17.2. The van der Waals surface area contributed by atoms with Crippen LogP contribution in [0.1, 0.15) is 44.9 Å². The zero-order valence-corrected chi connectivity index (χ0v) is 27.8. The quantitative estimate of drug-likeness (QED) is 0.168. The number of β-lactam (4-membered cyclic amide) rings is 1. The van der Waals surface area contributed by atoms with Crippen molar-refractivity contribution in [1.29, 1.82) is 0 Å². The monoisotopic (exact) mass is 692 g/mol. The Morgan fingerprint density at radius 3 is 2.11 bits per heavy atom. The normalized spacial score (nSPS) is 19.4. The highest BCUT2D eigenvalue weighted by atomic mass is 35.5. The number of carbonyl (C=O) groups is 5. The summed E-state index contributed by atoms with van der Waals surface area (Å²) in [5, 5.41) is -1.20. The van der Waals surface area contributed by atoms with Crippen LogP contribution >= 0.6 is 23.4 Å². The standard InChI is InChI=1S/C31H33ClN2O10S2/c1-18(35)42-15-21-17-46(40,41)27-23(32)26(36)34(27)24(21)29(38)45-16-22(33-30(39)44-31(2,3)4)28(37)43-25(19-11-7-5-8-12-19)20-13-9-6-10-14-20/h5-14,22-23,25,27H,15-17H2,1-4H3,(H,33,39)/t22-,23-,27+/m0/s1. The fourth-order valence-corrected chi connectivity index (χ4v) is 8.24. The number of carbonyl (C=O) groups excluding carboxylic acids is 5. The van der Waals surface area contributed by atoms with Gasteiger partial charge in [0.2, 0.25) is 11.0 Å². The molecule has 1 saturated heterocycles. The number of ether oxygens (including phenoxy) is 3. The van der Waals surface area contributed by atoms with E-state index >= 15 is 0 Å². The number of hydrogen-bond acceptors (Lipinski definition) is 11. The Morgan fingerprint density at radius 1 is 1.02 bits per heavy atom. The van der Waals surface area contributed by atoms with E-state index in [1.54, 1.807) is 69.3 Å². The lowest BCUT2D eigenvalue weighted by Crippen LogP contribution is -2.68. The van der Waals surface area contributed by atoms with E-state index in [-0.39, 0.29) is 17.0 Å². The minimum atomic E-state index is -4.00. The second-order valence-corrected chi connectivity index (χ2v) is 15.0. The Morgan fingerprint density at radius 2 is 1.59 bits per heavy atom. The summed E-state index contributed by atoms with van der Waals surface area (Å²) in [6.45, 7) is 5.46. The predicted octanol–water partition coefficient (Wildman–Crippen LogP) is 3.49. The molecule has 0 aromatic heterocycles. The fourth-order valence-electron chi connectivity index (χ4n) is 4.75. The van der Waals surface area contributed by atoms with E-state index in [4.69, 9.17) is 25.8 Å². The molecule has 1 N–H and O–H groups in total. The van der Waals surface area contributed by atoms with Crippen LogP contribution in [0, 0.1) is 0 Å². The Labute approximate surface area is 275 Å². The molecule has 0 aliphatic carbocycles. The van der Waals surface area contributed by atoms with Crippen LogP contribution in [0.3, 0.4) is 0 Å². The number of thioether (sulfide) groups is 1. The molecule has 2 aromatic rings. The molecule has 2 aliphatic heterocycles. The van der Waals surface area contributed by atoms with Crippen LogP contribution in [0.4, 0.5) is 4.79 Å². The summed E-state index contributed by atoms with van der Waals surface area (Å²) >= 11 is 6.55. The van der Waals surface area contributed by atoms with Crippen molar-refractivity contribution < 1.29 is 46.6 Å². The number of hydrogen-bond donors (Lipinski definition) is 1. The van der Waals surface area contributed by atoms with E-state index < -0.39 is 79.7 Å². The van der Waals surface area contributed by atoms with Gasteiger partial charge in [0.1, 0.15) is 29.3 Å². The lowest BCUT2D eigenvalue weighted by molar-refractivity contribution is -0.149. The lowest BCUT2D eigenvalue weighted by atomic mass is 10.0. The van der Waals surface area contributed by atoms with Crippen LogP contribution < -0.4 is 5.32 Å². The van der Waals surface area contributed by atoms with Crippen molar-refractivity contribution >= 4 is 62.3 Å². The molecule has 0 unspecified atom stereocenters. The molecule has 15 heteroatoms. The van der Waals surface area contributed by atoms with Crippen molar-refractivity contribution in [3.8, 4) is 0 Å². The topological polar surface area (TPSA) is 162 Å². The average Bonchev–Trinajstić information content (AvgIpc) is 2.99.